The van der Waals surface area contributed by atoms with Gasteiger partial charge in [0, 0.05) is 118 Å². The van der Waals surface area contributed by atoms with Gasteiger partial charge in [0.15, 0.2) is 0 Å². The second-order valence-corrected chi connectivity index (χ2v) is 16.5. The van der Waals surface area contributed by atoms with E-state index in [9.17, 15) is 108 Å². The monoisotopic (exact) mass is 1080 g/mol. The first-order valence-electron chi connectivity index (χ1n) is 21.7. The summed E-state index contributed by atoms with van der Waals surface area (Å²) in [6.07, 6.45) is -35.2. The summed E-state index contributed by atoms with van der Waals surface area (Å²) >= 11 is 0. The van der Waals surface area contributed by atoms with Gasteiger partial charge in [0.2, 0.25) is 0 Å². The van der Waals surface area contributed by atoms with Crippen LogP contribution in [0, 0.1) is 0 Å². The van der Waals surface area contributed by atoms with Crippen molar-refractivity contribution < 1.29 is 108 Å². The minimum atomic E-state index is -5.56. The van der Waals surface area contributed by atoms with Gasteiger partial charge >= 0.3 is 72.5 Å². The summed E-state index contributed by atoms with van der Waals surface area (Å²) in [6.45, 7) is -13.0. The van der Waals surface area contributed by atoms with E-state index in [1.54, 1.807) is 0 Å². The van der Waals surface area contributed by atoms with Gasteiger partial charge in [-0.25, -0.2) is 0 Å². The van der Waals surface area contributed by atoms with Gasteiger partial charge in [0.1, 0.15) is 0 Å². The zero-order valence-corrected chi connectivity index (χ0v) is 37.7. The van der Waals surface area contributed by atoms with Crippen LogP contribution in [0.15, 0.2) is 24.3 Å². The van der Waals surface area contributed by atoms with Crippen molar-refractivity contribution in [2.24, 2.45) is 0 Å². The fourth-order valence-corrected chi connectivity index (χ4v) is 7.65. The lowest BCUT2D eigenvalue weighted by Crippen LogP contribution is -2.50. The quantitative estimate of drug-likeness (QED) is 0.376. The second-order valence-electron chi connectivity index (χ2n) is 16.5. The summed E-state index contributed by atoms with van der Waals surface area (Å²) in [5.41, 5.74) is 0.695. The average molecular weight is 1080 g/mol. The molecule has 0 N–H and O–H groups in total. The van der Waals surface area contributed by atoms with Crippen LogP contribution in [0.1, 0.15) is 36.8 Å². The number of nitrogens with zero attached hydrogens (tertiary/aromatic N) is 8. The number of alkyl halides is 18. The maximum atomic E-state index is 13.6. The van der Waals surface area contributed by atoms with Gasteiger partial charge in [-0.1, -0.05) is 24.3 Å². The van der Waals surface area contributed by atoms with E-state index in [1.165, 1.54) is 34.1 Å². The number of halogens is 18. The van der Waals surface area contributed by atoms with E-state index in [-0.39, 0.29) is 68.4 Å². The van der Waals surface area contributed by atoms with Crippen molar-refractivity contribution in [3.8, 4) is 0 Å². The summed E-state index contributed by atoms with van der Waals surface area (Å²) in [5.74, 6) is -14.8. The maximum Gasteiger partial charge on any atom is 0.471 e. The molecule has 0 bridgehead atoms. The minimum Gasteiger partial charge on any atom is -0.334 e. The lowest BCUT2D eigenvalue weighted by atomic mass is 10.1. The van der Waals surface area contributed by atoms with Gasteiger partial charge in [-0.2, -0.15) is 79.0 Å². The Bertz CT molecular complexity index is 1860. The summed E-state index contributed by atoms with van der Waals surface area (Å²) < 4.78 is 243. The molecule has 0 saturated carbocycles. The lowest BCUT2D eigenvalue weighted by Gasteiger charge is -2.33. The van der Waals surface area contributed by atoms with E-state index in [0.29, 0.717) is 11.1 Å². The molecule has 6 amide bonds. The van der Waals surface area contributed by atoms with E-state index < -0.39 is 177 Å². The van der Waals surface area contributed by atoms with E-state index in [2.05, 4.69) is 0 Å². The van der Waals surface area contributed by atoms with Crippen LogP contribution in [-0.2, 0) is 41.9 Å². The van der Waals surface area contributed by atoms with Crippen LogP contribution >= 0.6 is 0 Å². The Morgan fingerprint density at radius 1 is 0.278 bits per heavy atom. The Balaban J connectivity index is 1.91. The van der Waals surface area contributed by atoms with Crippen LogP contribution < -0.4 is 0 Å². The van der Waals surface area contributed by atoms with Crippen LogP contribution in [0.3, 0.4) is 0 Å². The third kappa shape index (κ3) is 19.3. The molecule has 0 unspecified atom stereocenters. The number of hydrogen-bond acceptors (Lipinski definition) is 8. The Kier molecular flexibility index (Phi) is 21.3. The van der Waals surface area contributed by atoms with Crippen LogP contribution in [0.5, 0.6) is 0 Å². The van der Waals surface area contributed by atoms with Crippen LogP contribution in [0.2, 0.25) is 0 Å². The largest absolute Gasteiger partial charge is 0.471 e. The van der Waals surface area contributed by atoms with Crippen molar-refractivity contribution in [1.29, 1.82) is 0 Å². The molecule has 2 saturated heterocycles. The lowest BCUT2D eigenvalue weighted by molar-refractivity contribution is -0.189. The van der Waals surface area contributed by atoms with E-state index >= 15 is 0 Å². The van der Waals surface area contributed by atoms with Crippen LogP contribution in [0.25, 0.3) is 0 Å². The van der Waals surface area contributed by atoms with Crippen molar-refractivity contribution in [2.75, 3.05) is 105 Å². The molecule has 3 rings (SSSR count). The van der Waals surface area contributed by atoms with Gasteiger partial charge < -0.3 is 29.4 Å². The molecule has 2 heterocycles. The predicted molar refractivity (Wildman–Crippen MR) is 211 cm³/mol. The summed E-state index contributed by atoms with van der Waals surface area (Å²) in [7, 11) is 0. The number of carbonyl (C=O) groups is 6. The Labute approximate surface area is 398 Å². The highest BCUT2D eigenvalue weighted by Crippen LogP contribution is 2.26. The van der Waals surface area contributed by atoms with Crippen molar-refractivity contribution in [3.05, 3.63) is 35.4 Å². The molecule has 410 valence electrons. The van der Waals surface area contributed by atoms with Crippen molar-refractivity contribution in [3.63, 3.8) is 0 Å². The normalized spacial score (nSPS) is 18.9. The standard InChI is InChI=1S/C40H48F18N8O6/c41-35(42,43)29(67)61-13-3-15-65(33(71)39(53,54)55)23-21-63(31(69)37(47,48)49)11-1-9-59(17-19-61)25-27-5-7-28(8-6-27)26-60-10-2-12-64(32(70)38(50,51)52)22-24-66(34(72)40(56,57)58)16-4-14-62(20-18-60)30(68)36(44,45)46/h5-8H,1-4,9-26H2. The van der Waals surface area contributed by atoms with Crippen molar-refractivity contribution in [1.82, 2.24) is 39.2 Å². The SMILES string of the molecule is O=C(N1CCCN(C(=O)C(F)(F)F)CCN(C(=O)C(F)(F)F)CCCN(Cc2ccc(CN3CCCN(C(=O)C(F)(F)F)CCN(C(=O)C(F)(F)F)CCCN(C(=O)C(F)(F)F)CC3)cc2)CC1)C(F)(F)F. The molecule has 14 nitrogen and oxygen atoms in total. The average Bonchev–Trinajstić information content (AvgIpc) is 3.25. The molecule has 2 aliphatic rings. The number of carbonyl (C=O) groups excluding carboxylic acids is 6. The fourth-order valence-electron chi connectivity index (χ4n) is 7.65. The Hall–Kier alpha value is -5.30. The highest BCUT2D eigenvalue weighted by molar-refractivity contribution is 5.84. The molecule has 0 spiro atoms. The Morgan fingerprint density at radius 2 is 0.444 bits per heavy atom. The number of benzene rings is 1. The number of hydrogen-bond donors (Lipinski definition) is 0. The summed E-state index contributed by atoms with van der Waals surface area (Å²) in [4.78, 5) is 77.2. The summed E-state index contributed by atoms with van der Waals surface area (Å²) in [5, 5.41) is 0. The van der Waals surface area contributed by atoms with E-state index in [1.807, 2.05) is 0 Å². The zero-order chi connectivity index (χ0) is 54.6. The molecule has 0 radical (unpaired) electrons. The predicted octanol–water partition coefficient (Wildman–Crippen LogP) is 5.22. The highest BCUT2D eigenvalue weighted by Gasteiger charge is 2.48. The molecule has 0 aliphatic carbocycles. The molecular weight excluding hydrogens is 1030 g/mol. The van der Waals surface area contributed by atoms with Gasteiger partial charge in [0.05, 0.1) is 0 Å². The maximum absolute atomic E-state index is 13.6. The molecule has 1 aromatic carbocycles. The molecule has 72 heavy (non-hydrogen) atoms. The molecule has 1 aromatic rings. The third-order valence-electron chi connectivity index (χ3n) is 11.2. The first-order chi connectivity index (χ1) is 33.0. The van der Waals surface area contributed by atoms with Gasteiger partial charge in [-0.3, -0.25) is 38.6 Å². The van der Waals surface area contributed by atoms with Gasteiger partial charge in [-0.15, -0.1) is 0 Å². The van der Waals surface area contributed by atoms with Crippen LogP contribution in [-0.4, -0.2) is 216 Å². The molecular formula is C40H48F18N8O6. The van der Waals surface area contributed by atoms with Gasteiger partial charge in [0.25, 0.3) is 0 Å². The van der Waals surface area contributed by atoms with Crippen molar-refractivity contribution in [2.45, 2.75) is 75.8 Å². The third-order valence-corrected chi connectivity index (χ3v) is 11.2. The van der Waals surface area contributed by atoms with Gasteiger partial charge in [-0.05, 0) is 36.8 Å². The first-order valence-corrected chi connectivity index (χ1v) is 21.7. The Morgan fingerprint density at radius 3 is 0.625 bits per heavy atom. The molecule has 2 fully saturated rings. The second kappa shape index (κ2) is 25.1. The minimum absolute atomic E-state index is 0.0129. The fraction of sp³-hybridized carbons (Fsp3) is 0.700. The van der Waals surface area contributed by atoms with Crippen LogP contribution in [0.4, 0.5) is 79.0 Å². The van der Waals surface area contributed by atoms with E-state index in [4.69, 9.17) is 0 Å². The highest BCUT2D eigenvalue weighted by atomic mass is 19.4. The molecule has 0 atom stereocenters. The first kappa shape index (κ1) is 61.0. The summed E-state index contributed by atoms with van der Waals surface area (Å²) in [6, 6.07) is 5.69. The van der Waals surface area contributed by atoms with E-state index in [0.717, 1.165) is 0 Å². The zero-order valence-electron chi connectivity index (χ0n) is 37.7. The number of rotatable bonds is 4. The molecule has 0 aromatic heterocycles. The molecule has 32 heteroatoms. The smallest absolute Gasteiger partial charge is 0.334 e. The van der Waals surface area contributed by atoms with Crippen molar-refractivity contribution >= 4 is 35.4 Å². The molecule has 2 aliphatic heterocycles. The number of amides is 6. The topological polar surface area (TPSA) is 128 Å².